The number of hydrogen-bond donors (Lipinski definition) is 1. The quantitative estimate of drug-likeness (QED) is 0.567. The molecule has 1 N–H and O–H groups in total. The van der Waals surface area contributed by atoms with Crippen molar-refractivity contribution in [2.75, 3.05) is 23.3 Å². The summed E-state index contributed by atoms with van der Waals surface area (Å²) in [5.41, 5.74) is -0.252. The Bertz CT molecular complexity index is 1150. The van der Waals surface area contributed by atoms with Crippen LogP contribution in [0.5, 0.6) is 0 Å². The lowest BCUT2D eigenvalue weighted by atomic mass is 9.98. The molecule has 0 amide bonds. The normalized spacial score (nSPS) is 25.2. The van der Waals surface area contributed by atoms with Crippen LogP contribution in [0.1, 0.15) is 25.3 Å². The minimum absolute atomic E-state index is 0.292. The molecule has 176 valence electrons. The zero-order valence-corrected chi connectivity index (χ0v) is 17.7. The Morgan fingerprint density at radius 1 is 1.15 bits per heavy atom. The molecule has 3 aromatic rings. The molecule has 2 aliphatic rings. The van der Waals surface area contributed by atoms with E-state index in [2.05, 4.69) is 32.3 Å². The van der Waals surface area contributed by atoms with Gasteiger partial charge in [0.1, 0.15) is 23.7 Å². The van der Waals surface area contributed by atoms with Crippen molar-refractivity contribution in [3.05, 3.63) is 36.3 Å². The molecule has 1 aliphatic heterocycles. The first-order valence-electron chi connectivity index (χ1n) is 10.6. The molecule has 1 unspecified atom stereocenters. The fraction of sp³-hybridized carbons (Fsp3) is 0.524. The Kier molecular flexibility index (Phi) is 5.13. The van der Waals surface area contributed by atoms with Crippen molar-refractivity contribution in [1.82, 2.24) is 24.7 Å². The van der Waals surface area contributed by atoms with E-state index in [1.165, 1.54) is 12.4 Å². The molecule has 0 radical (unpaired) electrons. The van der Waals surface area contributed by atoms with Gasteiger partial charge in [0.2, 0.25) is 0 Å². The molecule has 0 bridgehead atoms. The molecule has 1 saturated carbocycles. The minimum Gasteiger partial charge on any atom is -0.364 e. The topological polar surface area (TPSA) is 71.8 Å². The monoisotopic (exact) mass is 467 g/mol. The number of alkyl halides is 5. The Hall–Kier alpha value is -3.05. The van der Waals surface area contributed by atoms with E-state index in [4.69, 9.17) is 0 Å². The fourth-order valence-electron chi connectivity index (χ4n) is 5.18. The summed E-state index contributed by atoms with van der Waals surface area (Å²) in [5.74, 6) is 1.41. The van der Waals surface area contributed by atoms with Gasteiger partial charge >= 0.3 is 6.18 Å². The zero-order valence-electron chi connectivity index (χ0n) is 17.7. The maximum absolute atomic E-state index is 13.0. The van der Waals surface area contributed by atoms with E-state index in [1.807, 2.05) is 4.90 Å². The third-order valence-corrected chi connectivity index (χ3v) is 6.48. The summed E-state index contributed by atoms with van der Waals surface area (Å²) in [6, 6.07) is 2.08. The number of aromatic nitrogens is 5. The molecule has 12 heteroatoms. The third kappa shape index (κ3) is 4.30. The number of anilines is 2. The molecule has 33 heavy (non-hydrogen) atoms. The van der Waals surface area contributed by atoms with Gasteiger partial charge in [0.25, 0.3) is 6.43 Å². The molecule has 4 heterocycles. The lowest BCUT2D eigenvalue weighted by Crippen LogP contribution is -2.35. The molecule has 1 saturated heterocycles. The van der Waals surface area contributed by atoms with Crippen molar-refractivity contribution in [3.8, 4) is 0 Å². The van der Waals surface area contributed by atoms with Gasteiger partial charge in [-0.25, -0.2) is 28.4 Å². The molecular weight excluding hydrogens is 445 g/mol. The second-order valence-electron chi connectivity index (χ2n) is 9.10. The summed E-state index contributed by atoms with van der Waals surface area (Å²) < 4.78 is 65.9. The minimum atomic E-state index is -4.40. The van der Waals surface area contributed by atoms with Gasteiger partial charge in [-0.05, 0) is 43.7 Å². The van der Waals surface area contributed by atoms with Crippen molar-refractivity contribution in [3.63, 3.8) is 0 Å². The number of halogens is 5. The van der Waals surface area contributed by atoms with E-state index in [0.717, 1.165) is 29.7 Å². The molecule has 1 aliphatic carbocycles. The number of fused-ring (bicyclic) bond motifs is 2. The van der Waals surface area contributed by atoms with Crippen molar-refractivity contribution < 1.29 is 22.0 Å². The second kappa shape index (κ2) is 7.77. The molecule has 2 fully saturated rings. The molecule has 5 rings (SSSR count). The summed E-state index contributed by atoms with van der Waals surface area (Å²) in [5, 5.41) is 7.34. The van der Waals surface area contributed by atoms with Gasteiger partial charge in [0.05, 0.1) is 18.0 Å². The number of pyridine rings is 1. The molecule has 0 aromatic carbocycles. The Morgan fingerprint density at radius 3 is 2.55 bits per heavy atom. The smallest absolute Gasteiger partial charge is 0.364 e. The van der Waals surface area contributed by atoms with Crippen molar-refractivity contribution in [2.45, 2.75) is 44.5 Å². The molecule has 3 atom stereocenters. The third-order valence-electron chi connectivity index (χ3n) is 6.48. The first-order chi connectivity index (χ1) is 15.6. The lowest BCUT2D eigenvalue weighted by Gasteiger charge is -2.29. The molecular formula is C21H22F5N7. The van der Waals surface area contributed by atoms with E-state index >= 15 is 0 Å². The van der Waals surface area contributed by atoms with Crippen LogP contribution in [0.25, 0.3) is 11.2 Å². The summed E-state index contributed by atoms with van der Waals surface area (Å²) in [6.45, 7) is 2.77. The van der Waals surface area contributed by atoms with E-state index in [1.54, 1.807) is 6.20 Å². The molecule has 7 nitrogen and oxygen atoms in total. The van der Waals surface area contributed by atoms with E-state index in [9.17, 15) is 22.0 Å². The highest BCUT2D eigenvalue weighted by atomic mass is 19.4. The summed E-state index contributed by atoms with van der Waals surface area (Å²) in [6.07, 6.45) is -1.19. The predicted molar refractivity (Wildman–Crippen MR) is 111 cm³/mol. The van der Waals surface area contributed by atoms with E-state index < -0.39 is 24.7 Å². The van der Waals surface area contributed by atoms with Crippen LogP contribution in [-0.2, 0) is 12.7 Å². The number of hydrogen-bond acceptors (Lipinski definition) is 6. The van der Waals surface area contributed by atoms with Gasteiger partial charge in [-0.15, -0.1) is 0 Å². The number of nitrogens with one attached hydrogen (secondary N) is 1. The van der Waals surface area contributed by atoms with Gasteiger partial charge in [-0.3, -0.25) is 0 Å². The maximum atomic E-state index is 13.0. The average Bonchev–Trinajstić information content (AvgIpc) is 3.39. The van der Waals surface area contributed by atoms with Gasteiger partial charge < -0.3 is 10.2 Å². The summed E-state index contributed by atoms with van der Waals surface area (Å²) >= 11 is 0. The van der Waals surface area contributed by atoms with E-state index in [-0.39, 0.29) is 5.54 Å². The first-order valence-corrected chi connectivity index (χ1v) is 10.6. The van der Waals surface area contributed by atoms with Gasteiger partial charge in [0.15, 0.2) is 5.65 Å². The van der Waals surface area contributed by atoms with Crippen LogP contribution in [0.15, 0.2) is 30.7 Å². The van der Waals surface area contributed by atoms with Gasteiger partial charge in [0, 0.05) is 24.8 Å². The molecule has 3 aromatic heterocycles. The lowest BCUT2D eigenvalue weighted by molar-refractivity contribution is -0.137. The van der Waals surface area contributed by atoms with Crippen molar-refractivity contribution >= 4 is 22.8 Å². The Balaban J connectivity index is 1.28. The van der Waals surface area contributed by atoms with Crippen LogP contribution < -0.4 is 10.2 Å². The largest absolute Gasteiger partial charge is 0.416 e. The summed E-state index contributed by atoms with van der Waals surface area (Å²) in [4.78, 5) is 14.8. The predicted octanol–water partition coefficient (Wildman–Crippen LogP) is 4.22. The zero-order chi connectivity index (χ0) is 23.4. The SMILES string of the molecule is CC1(Nc2cnc3cnn(CC(F)F)c3n2)C[C@H]2CN(c3cc(C(F)(F)F)ccn3)C[C@H]2C1. The van der Waals surface area contributed by atoms with Crippen LogP contribution in [0.4, 0.5) is 33.6 Å². The maximum Gasteiger partial charge on any atom is 0.416 e. The highest BCUT2D eigenvalue weighted by Crippen LogP contribution is 2.46. The van der Waals surface area contributed by atoms with E-state index in [0.29, 0.717) is 47.7 Å². The highest BCUT2D eigenvalue weighted by molar-refractivity contribution is 5.71. The number of nitrogens with zero attached hydrogens (tertiary/aromatic N) is 6. The van der Waals surface area contributed by atoms with Crippen LogP contribution >= 0.6 is 0 Å². The number of rotatable bonds is 5. The van der Waals surface area contributed by atoms with Crippen LogP contribution in [0.3, 0.4) is 0 Å². The van der Waals surface area contributed by atoms with Crippen molar-refractivity contribution in [2.24, 2.45) is 11.8 Å². The van der Waals surface area contributed by atoms with Crippen LogP contribution in [0.2, 0.25) is 0 Å². The van der Waals surface area contributed by atoms with Crippen molar-refractivity contribution in [1.29, 1.82) is 0 Å². The van der Waals surface area contributed by atoms with Gasteiger partial charge in [-0.1, -0.05) is 0 Å². The average molecular weight is 467 g/mol. The Labute approximate surface area is 186 Å². The van der Waals surface area contributed by atoms with Crippen LogP contribution in [-0.4, -0.2) is 49.8 Å². The first kappa shape index (κ1) is 21.8. The standard InChI is InChI=1S/C21H22F5N7/c1-20(31-17-8-28-15-7-29-33(11-16(22)23)19(15)30-17)5-12-9-32(10-13(12)6-20)18-4-14(2-3-27-18)21(24,25)26/h2-4,7-8,12-13,16H,5-6,9-11H2,1H3,(H,30,31)/t12-,13+,20?. The Morgan fingerprint density at radius 2 is 1.88 bits per heavy atom. The fourth-order valence-corrected chi connectivity index (χ4v) is 5.18. The van der Waals surface area contributed by atoms with Crippen LogP contribution in [0, 0.1) is 11.8 Å². The summed E-state index contributed by atoms with van der Waals surface area (Å²) in [7, 11) is 0. The highest BCUT2D eigenvalue weighted by Gasteiger charge is 2.47. The second-order valence-corrected chi connectivity index (χ2v) is 9.10. The van der Waals surface area contributed by atoms with Gasteiger partial charge in [-0.2, -0.15) is 18.3 Å². The molecule has 0 spiro atoms.